The summed E-state index contributed by atoms with van der Waals surface area (Å²) < 4.78 is 23.6. The molecule has 0 aliphatic carbocycles. The Balaban J connectivity index is 3.06. The third-order valence-corrected chi connectivity index (χ3v) is 5.15. The molecule has 0 amide bonds. The van der Waals surface area contributed by atoms with Crippen LogP contribution in [0.15, 0.2) is 0 Å². The second-order valence-corrected chi connectivity index (χ2v) is 7.71. The van der Waals surface area contributed by atoms with Gasteiger partial charge in [-0.15, -0.1) is 12.6 Å². The molecule has 0 aliphatic heterocycles. The summed E-state index contributed by atoms with van der Waals surface area (Å²) in [5.74, 6) is 0. The molecule has 0 bridgehead atoms. The maximum atomic E-state index is 10.4. The number of hydrogen-bond acceptors (Lipinski definition) is 3. The van der Waals surface area contributed by atoms with E-state index in [0.29, 0.717) is 0 Å². The number of unbranched alkanes of at least 4 members (excludes halogenated alkanes) is 14. The Labute approximate surface area is 152 Å². The molecule has 3 nitrogen and oxygen atoms in total. The van der Waals surface area contributed by atoms with E-state index in [1.165, 1.54) is 83.5 Å². The summed E-state index contributed by atoms with van der Waals surface area (Å²) in [5, 5.41) is 0. The fraction of sp³-hybridized carbons (Fsp3) is 1.00. The van der Waals surface area contributed by atoms with Crippen molar-refractivity contribution in [1.29, 1.82) is 0 Å². The molecule has 0 rings (SSSR count). The summed E-state index contributed by atoms with van der Waals surface area (Å²) in [7, 11) is 0. The van der Waals surface area contributed by atoms with Crippen molar-refractivity contribution in [2.75, 3.05) is 0 Å². The summed E-state index contributed by atoms with van der Waals surface area (Å²) in [6.07, 6.45) is 20.9. The van der Waals surface area contributed by atoms with E-state index < -0.39 is 16.8 Å². The second kappa shape index (κ2) is 18.8. The van der Waals surface area contributed by atoms with Crippen molar-refractivity contribution in [2.45, 2.75) is 115 Å². The van der Waals surface area contributed by atoms with Crippen molar-refractivity contribution in [3.63, 3.8) is 0 Å². The van der Waals surface area contributed by atoms with Crippen molar-refractivity contribution in [3.8, 4) is 0 Å². The van der Waals surface area contributed by atoms with Gasteiger partial charge in [-0.3, -0.25) is 8.74 Å². The first kappa shape index (κ1) is 23.4. The van der Waals surface area contributed by atoms with Crippen LogP contribution in [0, 0.1) is 0 Å². The minimum Gasteiger partial charge on any atom is -0.284 e. The summed E-state index contributed by atoms with van der Waals surface area (Å²) >= 11 is 1.93. The molecular weight excluding hydrogens is 328 g/mol. The summed E-state index contributed by atoms with van der Waals surface area (Å²) in [4.78, 5) is 0. The van der Waals surface area contributed by atoms with Crippen LogP contribution in [0.1, 0.15) is 110 Å². The Morgan fingerprint density at radius 3 is 1.48 bits per heavy atom. The van der Waals surface area contributed by atoms with Crippen LogP contribution in [0.5, 0.6) is 0 Å². The van der Waals surface area contributed by atoms with Gasteiger partial charge in [0, 0.05) is 0 Å². The van der Waals surface area contributed by atoms with Crippen LogP contribution < -0.4 is 0 Å². The summed E-state index contributed by atoms with van der Waals surface area (Å²) in [6.45, 7) is 2.27. The Morgan fingerprint density at radius 1 is 0.783 bits per heavy atom. The van der Waals surface area contributed by atoms with Crippen LogP contribution >= 0.6 is 12.6 Å². The quantitative estimate of drug-likeness (QED) is 0.123. The van der Waals surface area contributed by atoms with Gasteiger partial charge in [0.15, 0.2) is 0 Å². The molecule has 0 aromatic rings. The van der Waals surface area contributed by atoms with Gasteiger partial charge in [-0.1, -0.05) is 96.8 Å². The molecule has 0 saturated carbocycles. The average molecular weight is 367 g/mol. The van der Waals surface area contributed by atoms with Crippen molar-refractivity contribution in [3.05, 3.63) is 0 Å². The Morgan fingerprint density at radius 2 is 1.13 bits per heavy atom. The van der Waals surface area contributed by atoms with E-state index in [9.17, 15) is 4.21 Å². The van der Waals surface area contributed by atoms with Crippen LogP contribution in [0.2, 0.25) is 0 Å². The van der Waals surface area contributed by atoms with Crippen LogP contribution in [-0.4, -0.2) is 14.2 Å². The molecule has 0 aromatic carbocycles. The molecule has 2 unspecified atom stereocenters. The Hall–Kier alpha value is 0.420. The van der Waals surface area contributed by atoms with Gasteiger partial charge in [-0.2, -0.15) is 4.21 Å². The molecule has 0 fully saturated rings. The van der Waals surface area contributed by atoms with Crippen LogP contribution in [0.3, 0.4) is 0 Å². The third kappa shape index (κ3) is 20.4. The number of thiol groups is 1. The maximum Gasteiger partial charge on any atom is 0.303 e. The molecule has 0 heterocycles. The largest absolute Gasteiger partial charge is 0.303 e. The van der Waals surface area contributed by atoms with E-state index in [-0.39, 0.29) is 0 Å². The second-order valence-electron chi connectivity index (χ2n) is 6.51. The zero-order valence-electron chi connectivity index (χ0n) is 15.0. The highest BCUT2D eigenvalue weighted by molar-refractivity contribution is 7.82. The van der Waals surface area contributed by atoms with Crippen LogP contribution in [-0.2, 0) is 15.5 Å². The molecular formula is C18H38O3S2. The van der Waals surface area contributed by atoms with E-state index in [0.717, 1.165) is 19.3 Å². The number of rotatable bonds is 18. The molecule has 0 radical (unpaired) electrons. The van der Waals surface area contributed by atoms with Crippen molar-refractivity contribution < 1.29 is 12.9 Å². The average Bonchev–Trinajstić information content (AvgIpc) is 2.50. The first-order chi connectivity index (χ1) is 11.2. The van der Waals surface area contributed by atoms with Crippen LogP contribution in [0.25, 0.3) is 0 Å². The normalized spacial score (nSPS) is 14.0. The lowest BCUT2D eigenvalue weighted by Crippen LogP contribution is -2.06. The first-order valence-electron chi connectivity index (χ1n) is 9.63. The van der Waals surface area contributed by atoms with Crippen molar-refractivity contribution in [1.82, 2.24) is 0 Å². The van der Waals surface area contributed by atoms with Gasteiger partial charge in [-0.05, 0) is 12.8 Å². The highest BCUT2D eigenvalue weighted by Crippen LogP contribution is 2.15. The van der Waals surface area contributed by atoms with Crippen molar-refractivity contribution >= 4 is 24.0 Å². The van der Waals surface area contributed by atoms with Crippen molar-refractivity contribution in [2.24, 2.45) is 0 Å². The Kier molecular flexibility index (Phi) is 19.1. The van der Waals surface area contributed by atoms with E-state index >= 15 is 0 Å². The fourth-order valence-corrected chi connectivity index (χ4v) is 3.52. The zero-order chi connectivity index (χ0) is 17.2. The highest BCUT2D eigenvalue weighted by atomic mass is 32.2. The summed E-state index contributed by atoms with van der Waals surface area (Å²) in [6, 6.07) is 0. The predicted molar refractivity (Wildman–Crippen MR) is 104 cm³/mol. The lowest BCUT2D eigenvalue weighted by molar-refractivity contribution is 0.269. The molecule has 0 saturated heterocycles. The monoisotopic (exact) mass is 366 g/mol. The predicted octanol–water partition coefficient (Wildman–Crippen LogP) is 6.66. The molecule has 1 N–H and O–H groups in total. The minimum absolute atomic E-state index is 0.414. The van der Waals surface area contributed by atoms with E-state index in [2.05, 4.69) is 23.7 Å². The standard InChI is InChI=1S/C18H38O3S2/c1-2-3-4-5-6-7-8-9-10-11-12-13-14-15-16-17-18(22)21-23(19)20/h18,22H,2-17H2,1H3,(H,19,20). The lowest BCUT2D eigenvalue weighted by Gasteiger charge is -2.08. The van der Waals surface area contributed by atoms with Gasteiger partial charge in [0.2, 0.25) is 0 Å². The lowest BCUT2D eigenvalue weighted by atomic mass is 10.0. The van der Waals surface area contributed by atoms with E-state index in [1.807, 2.05) is 0 Å². The molecule has 2 atom stereocenters. The SMILES string of the molecule is CCCCCCCCCCCCCCCCCC(S)OS(=O)O. The number of hydrogen-bond donors (Lipinski definition) is 2. The third-order valence-electron chi connectivity index (χ3n) is 4.25. The molecule has 0 spiro atoms. The van der Waals surface area contributed by atoms with Gasteiger partial charge in [0.25, 0.3) is 0 Å². The Bertz CT molecular complexity index is 263. The van der Waals surface area contributed by atoms with Gasteiger partial charge in [-0.25, -0.2) is 0 Å². The molecule has 23 heavy (non-hydrogen) atoms. The molecule has 5 heteroatoms. The first-order valence-corrected chi connectivity index (χ1v) is 11.2. The van der Waals surface area contributed by atoms with Crippen LogP contribution in [0.4, 0.5) is 0 Å². The molecule has 0 aliphatic rings. The van der Waals surface area contributed by atoms with E-state index in [1.54, 1.807) is 0 Å². The van der Waals surface area contributed by atoms with E-state index in [4.69, 9.17) is 4.55 Å². The van der Waals surface area contributed by atoms with Gasteiger partial charge in [0.05, 0.1) is 0 Å². The van der Waals surface area contributed by atoms with Gasteiger partial charge < -0.3 is 0 Å². The smallest absolute Gasteiger partial charge is 0.284 e. The topological polar surface area (TPSA) is 46.5 Å². The summed E-state index contributed by atoms with van der Waals surface area (Å²) in [5.41, 5.74) is -0.414. The molecule has 140 valence electrons. The fourth-order valence-electron chi connectivity index (χ4n) is 2.83. The van der Waals surface area contributed by atoms with Gasteiger partial charge >= 0.3 is 11.4 Å². The van der Waals surface area contributed by atoms with Gasteiger partial charge in [0.1, 0.15) is 5.44 Å². The molecule has 0 aromatic heterocycles. The zero-order valence-corrected chi connectivity index (χ0v) is 16.7. The minimum atomic E-state index is -2.19. The highest BCUT2D eigenvalue weighted by Gasteiger charge is 2.06. The maximum absolute atomic E-state index is 10.4.